The fourth-order valence-electron chi connectivity index (χ4n) is 9.63. The van der Waals surface area contributed by atoms with Crippen molar-refractivity contribution < 1.29 is 20.1 Å². The number of allylic oxidation sites excluding steroid dienone is 3. The normalized spacial score (nSPS) is 13.3. The minimum absolute atomic E-state index is 0.0168. The highest BCUT2D eigenvalue weighted by atomic mass is 16.3. The number of aliphatic hydroxyl groups is 3. The Morgan fingerprint density at radius 2 is 0.636 bits per heavy atom. The molecule has 0 heterocycles. The van der Waals surface area contributed by atoms with Crippen LogP contribution in [0, 0.1) is 0 Å². The SMILES string of the molecule is CCCCCCCCCCCCCC/C=C\CCCCCCCCCCCCCCCC(O)CC(=O)NC(CO)C(O)/C=C/CCCCCCCCCCCCCCCCCCCCCC. The van der Waals surface area contributed by atoms with Gasteiger partial charge >= 0.3 is 0 Å². The fraction of sp³-hybridized carbons (Fsp3) is 0.918. The molecule has 0 aliphatic carbocycles. The van der Waals surface area contributed by atoms with Crippen molar-refractivity contribution in [2.75, 3.05) is 6.61 Å². The van der Waals surface area contributed by atoms with Crippen molar-refractivity contribution in [3.8, 4) is 0 Å². The van der Waals surface area contributed by atoms with Crippen LogP contribution in [-0.4, -0.2) is 46.1 Å². The van der Waals surface area contributed by atoms with E-state index in [1.54, 1.807) is 6.08 Å². The highest BCUT2D eigenvalue weighted by molar-refractivity contribution is 5.76. The third-order valence-electron chi connectivity index (χ3n) is 14.2. The molecule has 0 saturated heterocycles. The molecule has 3 unspecified atom stereocenters. The van der Waals surface area contributed by atoms with Crippen LogP contribution in [0.15, 0.2) is 24.3 Å². The lowest BCUT2D eigenvalue weighted by atomic mass is 10.0. The van der Waals surface area contributed by atoms with Crippen LogP contribution in [0.25, 0.3) is 0 Å². The minimum atomic E-state index is -0.928. The summed E-state index contributed by atoms with van der Waals surface area (Å²) >= 11 is 0. The summed E-state index contributed by atoms with van der Waals surface area (Å²) in [5.74, 6) is -0.310. The molecule has 0 radical (unpaired) electrons. The topological polar surface area (TPSA) is 89.8 Å². The second-order valence-corrected chi connectivity index (χ2v) is 21.0. The number of aliphatic hydroxyl groups excluding tert-OH is 3. The first-order valence-electron chi connectivity index (χ1n) is 30.1. The lowest BCUT2D eigenvalue weighted by molar-refractivity contribution is -0.124. The Labute approximate surface area is 413 Å². The molecule has 0 fully saturated rings. The minimum Gasteiger partial charge on any atom is -0.394 e. The molecule has 0 rings (SSSR count). The van der Waals surface area contributed by atoms with E-state index in [-0.39, 0.29) is 18.9 Å². The van der Waals surface area contributed by atoms with Crippen LogP contribution in [0.5, 0.6) is 0 Å². The number of hydrogen-bond acceptors (Lipinski definition) is 4. The van der Waals surface area contributed by atoms with E-state index in [0.29, 0.717) is 6.42 Å². The highest BCUT2D eigenvalue weighted by Gasteiger charge is 2.20. The smallest absolute Gasteiger partial charge is 0.222 e. The maximum atomic E-state index is 12.5. The quantitative estimate of drug-likeness (QED) is 0.0361. The molecular weight excluding hydrogens is 811 g/mol. The Balaban J connectivity index is 3.53. The first-order valence-corrected chi connectivity index (χ1v) is 30.1. The van der Waals surface area contributed by atoms with Crippen LogP contribution < -0.4 is 5.32 Å². The van der Waals surface area contributed by atoms with Crippen molar-refractivity contribution in [1.29, 1.82) is 0 Å². The maximum Gasteiger partial charge on any atom is 0.222 e. The van der Waals surface area contributed by atoms with E-state index in [1.165, 1.54) is 283 Å². The van der Waals surface area contributed by atoms with E-state index >= 15 is 0 Å². The summed E-state index contributed by atoms with van der Waals surface area (Å²) in [6, 6.07) is -0.744. The molecule has 4 N–H and O–H groups in total. The zero-order valence-corrected chi connectivity index (χ0v) is 44.9. The van der Waals surface area contributed by atoms with Crippen molar-refractivity contribution in [3.63, 3.8) is 0 Å². The van der Waals surface area contributed by atoms with Crippen molar-refractivity contribution >= 4 is 5.91 Å². The van der Waals surface area contributed by atoms with Gasteiger partial charge in [-0.2, -0.15) is 0 Å². The average molecular weight is 931 g/mol. The van der Waals surface area contributed by atoms with E-state index in [9.17, 15) is 20.1 Å². The lowest BCUT2D eigenvalue weighted by Gasteiger charge is -2.21. The molecule has 5 heteroatoms. The molecule has 0 aliphatic heterocycles. The molecule has 1 amide bonds. The Morgan fingerprint density at radius 1 is 0.379 bits per heavy atom. The Bertz CT molecular complexity index is 982. The van der Waals surface area contributed by atoms with E-state index < -0.39 is 18.2 Å². The predicted molar refractivity (Wildman–Crippen MR) is 292 cm³/mol. The van der Waals surface area contributed by atoms with Crippen LogP contribution in [0.2, 0.25) is 0 Å². The van der Waals surface area contributed by atoms with Crippen molar-refractivity contribution in [1.82, 2.24) is 5.32 Å². The predicted octanol–water partition coefficient (Wildman–Crippen LogP) is 18.8. The van der Waals surface area contributed by atoms with E-state index in [0.717, 1.165) is 25.7 Å². The number of hydrogen-bond donors (Lipinski definition) is 4. The van der Waals surface area contributed by atoms with Crippen LogP contribution in [0.3, 0.4) is 0 Å². The van der Waals surface area contributed by atoms with Gasteiger partial charge in [0, 0.05) is 0 Å². The number of carbonyl (C=O) groups is 1. The number of rotatable bonds is 56. The van der Waals surface area contributed by atoms with Gasteiger partial charge in [0.25, 0.3) is 0 Å². The van der Waals surface area contributed by atoms with Gasteiger partial charge in [0.15, 0.2) is 0 Å². The van der Waals surface area contributed by atoms with E-state index in [1.807, 2.05) is 6.08 Å². The number of carbonyl (C=O) groups excluding carboxylic acids is 1. The molecular formula is C61H119NO4. The summed E-state index contributed by atoms with van der Waals surface area (Å²) < 4.78 is 0. The van der Waals surface area contributed by atoms with Crippen LogP contribution in [0.4, 0.5) is 0 Å². The fourth-order valence-corrected chi connectivity index (χ4v) is 9.63. The van der Waals surface area contributed by atoms with Gasteiger partial charge in [-0.3, -0.25) is 4.79 Å². The monoisotopic (exact) mass is 930 g/mol. The molecule has 3 atom stereocenters. The van der Waals surface area contributed by atoms with Gasteiger partial charge < -0.3 is 20.6 Å². The Hall–Kier alpha value is -1.17. The van der Waals surface area contributed by atoms with E-state index in [4.69, 9.17) is 0 Å². The molecule has 392 valence electrons. The lowest BCUT2D eigenvalue weighted by Crippen LogP contribution is -2.45. The molecule has 0 spiro atoms. The Morgan fingerprint density at radius 3 is 0.924 bits per heavy atom. The van der Waals surface area contributed by atoms with Crippen molar-refractivity contribution in [2.24, 2.45) is 0 Å². The largest absolute Gasteiger partial charge is 0.394 e. The molecule has 0 aromatic carbocycles. The van der Waals surface area contributed by atoms with Crippen molar-refractivity contribution in [3.05, 3.63) is 24.3 Å². The first-order chi connectivity index (χ1) is 32.5. The highest BCUT2D eigenvalue weighted by Crippen LogP contribution is 2.18. The van der Waals surface area contributed by atoms with Gasteiger partial charge in [0.05, 0.1) is 31.3 Å². The van der Waals surface area contributed by atoms with Gasteiger partial charge in [-0.1, -0.05) is 308 Å². The van der Waals surface area contributed by atoms with Crippen LogP contribution in [0.1, 0.15) is 335 Å². The van der Waals surface area contributed by atoms with Gasteiger partial charge in [0.2, 0.25) is 5.91 Å². The zero-order chi connectivity index (χ0) is 47.9. The van der Waals surface area contributed by atoms with Gasteiger partial charge in [-0.05, 0) is 44.9 Å². The molecule has 0 bridgehead atoms. The summed E-state index contributed by atoms with van der Waals surface area (Å²) in [7, 11) is 0. The second-order valence-electron chi connectivity index (χ2n) is 21.0. The number of unbranched alkanes of at least 4 members (excludes halogenated alkanes) is 45. The molecule has 0 aromatic rings. The molecule has 0 aliphatic rings. The van der Waals surface area contributed by atoms with E-state index in [2.05, 4.69) is 31.3 Å². The van der Waals surface area contributed by atoms with Crippen LogP contribution >= 0.6 is 0 Å². The molecule has 0 aromatic heterocycles. The summed E-state index contributed by atoms with van der Waals surface area (Å²) in [4.78, 5) is 12.5. The standard InChI is InChI=1S/C61H119NO4/c1-3-5-7-9-11-13-15-17-19-21-23-25-27-28-29-30-31-32-33-34-36-38-40-42-44-46-48-50-52-54-58(64)56-61(66)62-59(57-63)60(65)55-53-51-49-47-45-43-41-39-37-35-26-24-22-20-18-16-14-12-10-8-6-4-2/h28-29,53,55,58-60,63-65H,3-27,30-52,54,56-57H2,1-2H3,(H,62,66)/b29-28-,55-53+. The molecule has 66 heavy (non-hydrogen) atoms. The third-order valence-corrected chi connectivity index (χ3v) is 14.2. The maximum absolute atomic E-state index is 12.5. The average Bonchev–Trinajstić information content (AvgIpc) is 3.31. The van der Waals surface area contributed by atoms with Gasteiger partial charge in [0.1, 0.15) is 0 Å². The summed E-state index contributed by atoms with van der Waals surface area (Å²) in [6.45, 7) is 4.26. The summed E-state index contributed by atoms with van der Waals surface area (Å²) in [5.41, 5.74) is 0. The Kier molecular flexibility index (Phi) is 55.4. The first kappa shape index (κ1) is 64.8. The number of amides is 1. The van der Waals surface area contributed by atoms with Crippen molar-refractivity contribution in [2.45, 2.75) is 353 Å². The third kappa shape index (κ3) is 52.2. The van der Waals surface area contributed by atoms with Gasteiger partial charge in [-0.25, -0.2) is 0 Å². The summed E-state index contributed by atoms with van der Waals surface area (Å²) in [6.07, 6.45) is 72.4. The van der Waals surface area contributed by atoms with Crippen LogP contribution in [-0.2, 0) is 4.79 Å². The summed E-state index contributed by atoms with van der Waals surface area (Å²) in [5, 5.41) is 33.5. The zero-order valence-electron chi connectivity index (χ0n) is 44.9. The second kappa shape index (κ2) is 56.4. The number of nitrogens with one attached hydrogen (secondary N) is 1. The molecule has 5 nitrogen and oxygen atoms in total. The molecule has 0 saturated carbocycles. The van der Waals surface area contributed by atoms with Gasteiger partial charge in [-0.15, -0.1) is 0 Å².